The predicted octanol–water partition coefficient (Wildman–Crippen LogP) is 1.36. The van der Waals surface area contributed by atoms with Crippen molar-refractivity contribution in [2.45, 2.75) is 50.0 Å². The highest BCUT2D eigenvalue weighted by molar-refractivity contribution is 7.91. The van der Waals surface area contributed by atoms with Gasteiger partial charge in [-0.25, -0.2) is 8.42 Å². The molecule has 0 radical (unpaired) electrons. The zero-order valence-corrected chi connectivity index (χ0v) is 17.9. The van der Waals surface area contributed by atoms with Gasteiger partial charge in [0, 0.05) is 38.0 Å². The third-order valence-electron chi connectivity index (χ3n) is 6.01. The summed E-state index contributed by atoms with van der Waals surface area (Å²) in [6, 6.07) is 10.4. The van der Waals surface area contributed by atoms with E-state index in [9.17, 15) is 13.2 Å². The fourth-order valence-electron chi connectivity index (χ4n) is 4.39. The molecule has 1 saturated carbocycles. The van der Waals surface area contributed by atoms with Crippen LogP contribution in [0.25, 0.3) is 0 Å². The second-order valence-electron chi connectivity index (χ2n) is 8.12. The molecule has 0 bridgehead atoms. The highest BCUT2D eigenvalue weighted by Crippen LogP contribution is 2.40. The summed E-state index contributed by atoms with van der Waals surface area (Å²) in [5.74, 6) is 0.766. The van der Waals surface area contributed by atoms with Crippen LogP contribution < -0.4 is 16.0 Å². The average molecular weight is 421 g/mol. The molecule has 2 fully saturated rings. The first-order valence-corrected chi connectivity index (χ1v) is 12.2. The Hall–Kier alpha value is -2.09. The number of carbonyl (C=O) groups is 1. The quantitative estimate of drug-likeness (QED) is 0.457. The summed E-state index contributed by atoms with van der Waals surface area (Å²) in [5, 5.41) is 9.44. The molecule has 0 spiro atoms. The summed E-state index contributed by atoms with van der Waals surface area (Å²) in [6.45, 7) is 1.26. The largest absolute Gasteiger partial charge is 0.356 e. The second kappa shape index (κ2) is 9.61. The molecule has 29 heavy (non-hydrogen) atoms. The molecular formula is C21H32N4O3S. The first-order chi connectivity index (χ1) is 13.9. The van der Waals surface area contributed by atoms with Gasteiger partial charge in [-0.05, 0) is 24.8 Å². The molecular weight excluding hydrogens is 388 g/mol. The van der Waals surface area contributed by atoms with Gasteiger partial charge in [0.15, 0.2) is 15.8 Å². The molecule has 2 aliphatic rings. The first kappa shape index (κ1) is 21.6. The number of carbonyl (C=O) groups excluding carboxylic acids is 1. The third-order valence-corrected chi connectivity index (χ3v) is 7.77. The van der Waals surface area contributed by atoms with E-state index in [0.29, 0.717) is 18.9 Å². The van der Waals surface area contributed by atoms with Crippen LogP contribution in [-0.2, 0) is 20.0 Å². The molecule has 0 aromatic heterocycles. The van der Waals surface area contributed by atoms with Crippen LogP contribution in [0.5, 0.6) is 0 Å². The summed E-state index contributed by atoms with van der Waals surface area (Å²) >= 11 is 0. The molecule has 1 aromatic rings. The van der Waals surface area contributed by atoms with Crippen molar-refractivity contribution in [2.24, 2.45) is 4.99 Å². The predicted molar refractivity (Wildman–Crippen MR) is 116 cm³/mol. The second-order valence-corrected chi connectivity index (χ2v) is 10.4. The van der Waals surface area contributed by atoms with Crippen molar-refractivity contribution in [3.8, 4) is 0 Å². The Labute approximate surface area is 173 Å². The zero-order valence-electron chi connectivity index (χ0n) is 17.1. The lowest BCUT2D eigenvalue weighted by atomic mass is 9.79. The lowest BCUT2D eigenvalue weighted by Gasteiger charge is -2.30. The summed E-state index contributed by atoms with van der Waals surface area (Å²) in [7, 11) is -1.26. The van der Waals surface area contributed by atoms with Gasteiger partial charge >= 0.3 is 0 Å². The molecule has 1 aliphatic heterocycles. The standard InChI is InChI=1S/C21H32N4O3S/c1-22-20(23-13-9-19(26)25-18-10-14-29(27,28)15-18)24-16-21(11-5-6-12-21)17-7-3-2-4-8-17/h2-4,7-8,18H,5-6,9-16H2,1H3,(H,25,26)(H2,22,23,24). The van der Waals surface area contributed by atoms with E-state index in [-0.39, 0.29) is 35.3 Å². The maximum Gasteiger partial charge on any atom is 0.222 e. The lowest BCUT2D eigenvalue weighted by molar-refractivity contribution is -0.121. The molecule has 3 rings (SSSR count). The van der Waals surface area contributed by atoms with Crippen molar-refractivity contribution in [3.63, 3.8) is 0 Å². The minimum absolute atomic E-state index is 0.0525. The van der Waals surface area contributed by atoms with E-state index < -0.39 is 9.84 Å². The molecule has 1 aliphatic carbocycles. The molecule has 160 valence electrons. The molecule has 1 atom stereocenters. The van der Waals surface area contributed by atoms with E-state index in [4.69, 9.17) is 0 Å². The number of benzene rings is 1. The van der Waals surface area contributed by atoms with E-state index in [1.807, 2.05) is 6.07 Å². The van der Waals surface area contributed by atoms with Crippen molar-refractivity contribution in [3.05, 3.63) is 35.9 Å². The van der Waals surface area contributed by atoms with Gasteiger partial charge < -0.3 is 16.0 Å². The lowest BCUT2D eigenvalue weighted by Crippen LogP contribution is -2.45. The molecule has 1 saturated heterocycles. The van der Waals surface area contributed by atoms with Crippen molar-refractivity contribution in [1.82, 2.24) is 16.0 Å². The molecule has 3 N–H and O–H groups in total. The van der Waals surface area contributed by atoms with Gasteiger partial charge in [-0.2, -0.15) is 0 Å². The maximum absolute atomic E-state index is 12.1. The van der Waals surface area contributed by atoms with Crippen molar-refractivity contribution < 1.29 is 13.2 Å². The number of amides is 1. The molecule has 1 amide bonds. The number of hydrogen-bond acceptors (Lipinski definition) is 4. The number of rotatable bonds is 7. The van der Waals surface area contributed by atoms with Gasteiger partial charge in [-0.3, -0.25) is 9.79 Å². The molecule has 7 nitrogen and oxygen atoms in total. The van der Waals surface area contributed by atoms with Crippen molar-refractivity contribution in [2.75, 3.05) is 31.6 Å². The van der Waals surface area contributed by atoms with Gasteiger partial charge in [-0.1, -0.05) is 43.2 Å². The SMILES string of the molecule is CN=C(NCCC(=O)NC1CCS(=O)(=O)C1)NCC1(c2ccccc2)CCCC1. The van der Waals surface area contributed by atoms with E-state index in [1.54, 1.807) is 7.05 Å². The number of hydrogen-bond donors (Lipinski definition) is 3. The molecule has 1 aromatic carbocycles. The van der Waals surface area contributed by atoms with E-state index >= 15 is 0 Å². The van der Waals surface area contributed by atoms with Crippen LogP contribution in [0.15, 0.2) is 35.3 Å². The van der Waals surface area contributed by atoms with Crippen LogP contribution >= 0.6 is 0 Å². The van der Waals surface area contributed by atoms with Gasteiger partial charge in [-0.15, -0.1) is 0 Å². The smallest absolute Gasteiger partial charge is 0.222 e. The third kappa shape index (κ3) is 5.95. The Morgan fingerprint density at radius 1 is 1.17 bits per heavy atom. The van der Waals surface area contributed by atoms with Crippen LogP contribution in [-0.4, -0.2) is 58.0 Å². The Bertz CT molecular complexity index is 818. The Morgan fingerprint density at radius 3 is 2.52 bits per heavy atom. The van der Waals surface area contributed by atoms with E-state index in [0.717, 1.165) is 19.4 Å². The number of guanidine groups is 1. The van der Waals surface area contributed by atoms with Crippen molar-refractivity contribution >= 4 is 21.7 Å². The Kier molecular flexibility index (Phi) is 7.16. The summed E-state index contributed by atoms with van der Waals surface area (Å²) in [4.78, 5) is 16.4. The maximum atomic E-state index is 12.1. The van der Waals surface area contributed by atoms with E-state index in [1.165, 1.54) is 18.4 Å². The van der Waals surface area contributed by atoms with Gasteiger partial charge in [0.05, 0.1) is 11.5 Å². The van der Waals surface area contributed by atoms with Crippen LogP contribution in [0.2, 0.25) is 0 Å². The van der Waals surface area contributed by atoms with Crippen LogP contribution in [0.3, 0.4) is 0 Å². The molecule has 8 heteroatoms. The number of aliphatic imine (C=N–C) groups is 1. The number of nitrogens with zero attached hydrogens (tertiary/aromatic N) is 1. The summed E-state index contributed by atoms with van der Waals surface area (Å²) in [5.41, 5.74) is 1.50. The molecule has 1 unspecified atom stereocenters. The van der Waals surface area contributed by atoms with Gasteiger partial charge in [0.25, 0.3) is 0 Å². The van der Waals surface area contributed by atoms with E-state index in [2.05, 4.69) is 45.2 Å². The first-order valence-electron chi connectivity index (χ1n) is 10.4. The average Bonchev–Trinajstić information content (AvgIpc) is 3.32. The minimum Gasteiger partial charge on any atom is -0.356 e. The normalized spacial score (nSPS) is 22.9. The van der Waals surface area contributed by atoms with Gasteiger partial charge in [0.1, 0.15) is 0 Å². The fraction of sp³-hybridized carbons (Fsp3) is 0.619. The Morgan fingerprint density at radius 2 is 1.90 bits per heavy atom. The van der Waals surface area contributed by atoms with Crippen LogP contribution in [0.4, 0.5) is 0 Å². The van der Waals surface area contributed by atoms with Crippen molar-refractivity contribution in [1.29, 1.82) is 0 Å². The fourth-order valence-corrected chi connectivity index (χ4v) is 6.06. The monoisotopic (exact) mass is 420 g/mol. The number of sulfone groups is 1. The highest BCUT2D eigenvalue weighted by Gasteiger charge is 2.35. The topological polar surface area (TPSA) is 99.7 Å². The zero-order chi connectivity index (χ0) is 20.7. The highest BCUT2D eigenvalue weighted by atomic mass is 32.2. The number of nitrogens with one attached hydrogen (secondary N) is 3. The van der Waals surface area contributed by atoms with Gasteiger partial charge in [0.2, 0.25) is 5.91 Å². The van der Waals surface area contributed by atoms with Crippen LogP contribution in [0.1, 0.15) is 44.1 Å². The Balaban J connectivity index is 1.44. The molecule has 1 heterocycles. The summed E-state index contributed by atoms with van der Waals surface area (Å²) in [6.07, 6.45) is 5.58. The minimum atomic E-state index is -2.98. The van der Waals surface area contributed by atoms with Crippen LogP contribution in [0, 0.1) is 0 Å². The summed E-state index contributed by atoms with van der Waals surface area (Å²) < 4.78 is 23.0.